The molecule has 4 heteroatoms. The lowest BCUT2D eigenvalue weighted by atomic mass is 10.1. The van der Waals surface area contributed by atoms with E-state index in [2.05, 4.69) is 20.9 Å². The van der Waals surface area contributed by atoms with Crippen molar-refractivity contribution in [3.63, 3.8) is 0 Å². The van der Waals surface area contributed by atoms with Crippen LogP contribution in [0.25, 0.3) is 0 Å². The van der Waals surface area contributed by atoms with Crippen molar-refractivity contribution < 1.29 is 5.11 Å². The minimum atomic E-state index is -0.571. The lowest BCUT2D eigenvalue weighted by molar-refractivity contribution is 0.162. The summed E-state index contributed by atoms with van der Waals surface area (Å²) in [5.41, 5.74) is 6.36. The minimum Gasteiger partial charge on any atom is -0.391 e. The fourth-order valence-corrected chi connectivity index (χ4v) is 1.07. The number of hydrogen-bond acceptors (Lipinski definition) is 3. The first-order chi connectivity index (χ1) is 5.61. The maximum absolute atomic E-state index is 9.17. The third-order valence-electron chi connectivity index (χ3n) is 1.61. The molecule has 3 N–H and O–H groups in total. The summed E-state index contributed by atoms with van der Waals surface area (Å²) in [6.45, 7) is 1.65. The number of aliphatic hydroxyl groups excluding tert-OH is 1. The molecule has 66 valence electrons. The summed E-state index contributed by atoms with van der Waals surface area (Å²) < 4.78 is 0.907. The van der Waals surface area contributed by atoms with E-state index in [1.807, 2.05) is 6.07 Å². The van der Waals surface area contributed by atoms with E-state index in [1.54, 1.807) is 19.2 Å². The Kier molecular flexibility index (Phi) is 3.20. The van der Waals surface area contributed by atoms with Crippen LogP contribution in [0.4, 0.5) is 0 Å². The van der Waals surface area contributed by atoms with Crippen molar-refractivity contribution in [3.8, 4) is 0 Å². The molecule has 1 rings (SSSR count). The zero-order chi connectivity index (χ0) is 9.14. The summed E-state index contributed by atoms with van der Waals surface area (Å²) in [7, 11) is 0. The number of nitrogens with zero attached hydrogens (tertiary/aromatic N) is 1. The number of nitrogens with two attached hydrogens (primary N) is 1. The highest BCUT2D eigenvalue weighted by Gasteiger charge is 2.12. The van der Waals surface area contributed by atoms with Gasteiger partial charge in [-0.25, -0.2) is 0 Å². The molecule has 2 atom stereocenters. The smallest absolute Gasteiger partial charge is 0.0730 e. The van der Waals surface area contributed by atoms with Crippen LogP contribution in [0.1, 0.15) is 18.7 Å². The monoisotopic (exact) mass is 230 g/mol. The summed E-state index contributed by atoms with van der Waals surface area (Å²) in [4.78, 5) is 4.07. The van der Waals surface area contributed by atoms with Gasteiger partial charge in [0.15, 0.2) is 0 Å². The fourth-order valence-electron chi connectivity index (χ4n) is 0.832. The fraction of sp³-hybridized carbons (Fsp3) is 0.375. The normalized spacial score (nSPS) is 15.7. The van der Waals surface area contributed by atoms with Gasteiger partial charge in [-0.2, -0.15) is 0 Å². The number of rotatable bonds is 2. The summed E-state index contributed by atoms with van der Waals surface area (Å²) >= 11 is 3.27. The van der Waals surface area contributed by atoms with E-state index in [1.165, 1.54) is 0 Å². The highest BCUT2D eigenvalue weighted by molar-refractivity contribution is 9.10. The number of aliphatic hydroxyl groups is 1. The minimum absolute atomic E-state index is 0.405. The summed E-state index contributed by atoms with van der Waals surface area (Å²) in [6.07, 6.45) is 1.09. The summed E-state index contributed by atoms with van der Waals surface area (Å²) in [6, 6.07) is 3.24. The van der Waals surface area contributed by atoms with Gasteiger partial charge in [0.1, 0.15) is 0 Å². The van der Waals surface area contributed by atoms with Gasteiger partial charge in [0.2, 0.25) is 0 Å². The van der Waals surface area contributed by atoms with Gasteiger partial charge < -0.3 is 10.8 Å². The average Bonchev–Trinajstić information content (AvgIpc) is 2.04. The van der Waals surface area contributed by atoms with Crippen LogP contribution in [0.5, 0.6) is 0 Å². The first-order valence-corrected chi connectivity index (χ1v) is 4.45. The molecular formula is C8H11BrN2O. The standard InChI is InChI=1S/C8H11BrN2O/c1-5(12)8(10)7-3-2-6(9)4-11-7/h2-5,8,12H,10H2,1H3/t5-,8-/m0/s1. The molecule has 0 aliphatic carbocycles. The van der Waals surface area contributed by atoms with Crippen molar-refractivity contribution in [1.82, 2.24) is 4.98 Å². The molecule has 0 aromatic carbocycles. The number of aromatic nitrogens is 1. The number of pyridine rings is 1. The Morgan fingerprint density at radius 3 is 2.67 bits per heavy atom. The quantitative estimate of drug-likeness (QED) is 0.804. The Morgan fingerprint density at radius 1 is 1.58 bits per heavy atom. The van der Waals surface area contributed by atoms with Crippen LogP contribution in [0.2, 0.25) is 0 Å². The van der Waals surface area contributed by atoms with Crippen LogP contribution in [0.3, 0.4) is 0 Å². The zero-order valence-electron chi connectivity index (χ0n) is 6.74. The van der Waals surface area contributed by atoms with Gasteiger partial charge in [-0.1, -0.05) is 0 Å². The van der Waals surface area contributed by atoms with E-state index in [4.69, 9.17) is 10.8 Å². The van der Waals surface area contributed by atoms with Crippen LogP contribution >= 0.6 is 15.9 Å². The Morgan fingerprint density at radius 2 is 2.25 bits per heavy atom. The highest BCUT2D eigenvalue weighted by atomic mass is 79.9. The van der Waals surface area contributed by atoms with Gasteiger partial charge in [0, 0.05) is 10.7 Å². The maximum atomic E-state index is 9.17. The van der Waals surface area contributed by atoms with Gasteiger partial charge in [-0.15, -0.1) is 0 Å². The third-order valence-corrected chi connectivity index (χ3v) is 2.08. The molecule has 1 aromatic rings. The molecule has 0 radical (unpaired) electrons. The molecular weight excluding hydrogens is 220 g/mol. The predicted octanol–water partition coefficient (Wildman–Crippen LogP) is 1.22. The molecule has 0 unspecified atom stereocenters. The highest BCUT2D eigenvalue weighted by Crippen LogP contribution is 2.14. The second-order valence-corrected chi connectivity index (χ2v) is 3.58. The zero-order valence-corrected chi connectivity index (χ0v) is 8.32. The van der Waals surface area contributed by atoms with Crippen molar-refractivity contribution in [3.05, 3.63) is 28.5 Å². The molecule has 0 spiro atoms. The van der Waals surface area contributed by atoms with Gasteiger partial charge in [0.25, 0.3) is 0 Å². The van der Waals surface area contributed by atoms with Crippen LogP contribution in [-0.4, -0.2) is 16.2 Å². The third kappa shape index (κ3) is 2.27. The lowest BCUT2D eigenvalue weighted by Gasteiger charge is -2.13. The van der Waals surface area contributed by atoms with E-state index in [0.717, 1.165) is 4.47 Å². The maximum Gasteiger partial charge on any atom is 0.0730 e. The van der Waals surface area contributed by atoms with E-state index in [9.17, 15) is 0 Å². The first kappa shape index (κ1) is 9.64. The van der Waals surface area contributed by atoms with Crippen LogP contribution in [0.15, 0.2) is 22.8 Å². The Balaban J connectivity index is 2.82. The average molecular weight is 231 g/mol. The molecule has 3 nitrogen and oxygen atoms in total. The molecule has 0 aliphatic heterocycles. The van der Waals surface area contributed by atoms with Gasteiger partial charge in [0.05, 0.1) is 17.8 Å². The van der Waals surface area contributed by atoms with Gasteiger partial charge in [-0.3, -0.25) is 4.98 Å². The first-order valence-electron chi connectivity index (χ1n) is 3.66. The Labute approximate surface area is 79.7 Å². The van der Waals surface area contributed by atoms with Gasteiger partial charge in [-0.05, 0) is 35.0 Å². The Hall–Kier alpha value is -0.450. The molecule has 1 heterocycles. The van der Waals surface area contributed by atoms with Crippen LogP contribution in [0, 0.1) is 0 Å². The largest absolute Gasteiger partial charge is 0.391 e. The molecule has 1 aromatic heterocycles. The van der Waals surface area contributed by atoms with E-state index in [-0.39, 0.29) is 0 Å². The SMILES string of the molecule is C[C@H](O)[C@H](N)c1ccc(Br)cn1. The molecule has 0 aliphatic rings. The second kappa shape index (κ2) is 3.98. The number of hydrogen-bond donors (Lipinski definition) is 2. The van der Waals surface area contributed by atoms with Crippen molar-refractivity contribution in [1.29, 1.82) is 0 Å². The van der Waals surface area contributed by atoms with E-state index < -0.39 is 12.1 Å². The lowest BCUT2D eigenvalue weighted by Crippen LogP contribution is -2.23. The number of halogens is 1. The molecule has 12 heavy (non-hydrogen) atoms. The van der Waals surface area contributed by atoms with Crippen LogP contribution < -0.4 is 5.73 Å². The summed E-state index contributed by atoms with van der Waals surface area (Å²) in [5, 5.41) is 9.17. The van der Waals surface area contributed by atoms with Crippen molar-refractivity contribution in [2.75, 3.05) is 0 Å². The van der Waals surface area contributed by atoms with Crippen molar-refractivity contribution >= 4 is 15.9 Å². The van der Waals surface area contributed by atoms with Crippen molar-refractivity contribution in [2.45, 2.75) is 19.1 Å². The van der Waals surface area contributed by atoms with E-state index in [0.29, 0.717) is 5.69 Å². The van der Waals surface area contributed by atoms with Crippen molar-refractivity contribution in [2.24, 2.45) is 5.73 Å². The molecule has 0 saturated heterocycles. The van der Waals surface area contributed by atoms with Gasteiger partial charge >= 0.3 is 0 Å². The molecule has 0 amide bonds. The van der Waals surface area contributed by atoms with Crippen LogP contribution in [-0.2, 0) is 0 Å². The second-order valence-electron chi connectivity index (χ2n) is 2.67. The topological polar surface area (TPSA) is 59.1 Å². The predicted molar refractivity (Wildman–Crippen MR) is 50.5 cm³/mol. The summed E-state index contributed by atoms with van der Waals surface area (Å²) in [5.74, 6) is 0. The Bertz CT molecular complexity index is 248. The van der Waals surface area contributed by atoms with E-state index >= 15 is 0 Å². The molecule has 0 saturated carbocycles. The molecule has 0 fully saturated rings. The molecule has 0 bridgehead atoms.